The van der Waals surface area contributed by atoms with Crippen LogP contribution in [0.1, 0.15) is 95.5 Å². The molecule has 1 heteroatoms. The second-order valence-corrected chi connectivity index (χ2v) is 10.0. The van der Waals surface area contributed by atoms with Gasteiger partial charge in [0.25, 0.3) is 0 Å². The van der Waals surface area contributed by atoms with Gasteiger partial charge in [0, 0.05) is 0 Å². The Morgan fingerprint density at radius 1 is 0.767 bits per heavy atom. The predicted molar refractivity (Wildman–Crippen MR) is 126 cm³/mol. The normalized spacial score (nSPS) is 26.3. The summed E-state index contributed by atoms with van der Waals surface area (Å²) >= 11 is 0. The first kappa shape index (κ1) is 21.6. The number of hydrogen-bond donors (Lipinski definition) is 0. The number of benzene rings is 2. The molecule has 0 amide bonds. The van der Waals surface area contributed by atoms with E-state index in [9.17, 15) is 4.39 Å². The molecular formula is C29H39F. The first-order chi connectivity index (χ1) is 14.7. The van der Waals surface area contributed by atoms with Gasteiger partial charge in [-0.25, -0.2) is 4.39 Å². The van der Waals surface area contributed by atoms with Crippen molar-refractivity contribution in [3.8, 4) is 11.1 Å². The zero-order valence-corrected chi connectivity index (χ0v) is 18.8. The van der Waals surface area contributed by atoms with Crippen LogP contribution < -0.4 is 0 Å². The molecule has 4 atom stereocenters. The highest BCUT2D eigenvalue weighted by Gasteiger charge is 2.35. The monoisotopic (exact) mass is 406 g/mol. The molecule has 0 aromatic heterocycles. The van der Waals surface area contributed by atoms with Crippen molar-refractivity contribution in [3.05, 3.63) is 59.9 Å². The molecule has 4 rings (SSSR count). The van der Waals surface area contributed by atoms with E-state index in [4.69, 9.17) is 0 Å². The van der Waals surface area contributed by atoms with E-state index in [0.29, 0.717) is 0 Å². The van der Waals surface area contributed by atoms with Gasteiger partial charge in [-0.2, -0.15) is 0 Å². The summed E-state index contributed by atoms with van der Waals surface area (Å²) in [5.74, 6) is 3.50. The van der Waals surface area contributed by atoms with Gasteiger partial charge in [-0.05, 0) is 84.6 Å². The minimum atomic E-state index is -0.161. The second-order valence-electron chi connectivity index (χ2n) is 10.0. The molecule has 30 heavy (non-hydrogen) atoms. The third-order valence-electron chi connectivity index (χ3n) is 7.98. The zero-order chi connectivity index (χ0) is 20.8. The molecule has 0 spiro atoms. The number of halogens is 1. The molecule has 2 aliphatic carbocycles. The van der Waals surface area contributed by atoms with Crippen LogP contribution in [0.15, 0.2) is 48.5 Å². The van der Waals surface area contributed by atoms with Crippen molar-refractivity contribution >= 4 is 0 Å². The fourth-order valence-corrected chi connectivity index (χ4v) is 6.20. The maximum atomic E-state index is 13.5. The summed E-state index contributed by atoms with van der Waals surface area (Å²) < 4.78 is 13.5. The summed E-state index contributed by atoms with van der Waals surface area (Å²) in [6, 6.07) is 15.9. The molecule has 162 valence electrons. The molecule has 4 unspecified atom stereocenters. The summed E-state index contributed by atoms with van der Waals surface area (Å²) in [5.41, 5.74) is 3.58. The Kier molecular flexibility index (Phi) is 7.63. The smallest absolute Gasteiger partial charge is 0.123 e. The fraction of sp³-hybridized carbons (Fsp3) is 0.586. The van der Waals surface area contributed by atoms with Gasteiger partial charge in [-0.15, -0.1) is 0 Å². The Morgan fingerprint density at radius 2 is 1.53 bits per heavy atom. The zero-order valence-electron chi connectivity index (χ0n) is 18.8. The van der Waals surface area contributed by atoms with E-state index >= 15 is 0 Å². The van der Waals surface area contributed by atoms with E-state index in [1.54, 1.807) is 12.1 Å². The quantitative estimate of drug-likeness (QED) is 0.383. The Balaban J connectivity index is 1.28. The molecule has 2 aliphatic rings. The van der Waals surface area contributed by atoms with Crippen LogP contribution in [0.25, 0.3) is 11.1 Å². The fourth-order valence-electron chi connectivity index (χ4n) is 6.20. The SMILES string of the molecule is CCCCCCCC1CCC2CC(c3ccc(-c4cccc(F)c4)cc3)CCC2C1. The van der Waals surface area contributed by atoms with Crippen molar-refractivity contribution in [2.75, 3.05) is 0 Å². The lowest BCUT2D eigenvalue weighted by molar-refractivity contribution is 0.113. The van der Waals surface area contributed by atoms with E-state index in [0.717, 1.165) is 34.8 Å². The van der Waals surface area contributed by atoms with Gasteiger partial charge in [0.15, 0.2) is 0 Å². The van der Waals surface area contributed by atoms with Crippen LogP contribution in [0.5, 0.6) is 0 Å². The second kappa shape index (κ2) is 10.6. The molecule has 0 saturated heterocycles. The Bertz CT molecular complexity index is 777. The summed E-state index contributed by atoms with van der Waals surface area (Å²) in [6.07, 6.45) is 17.2. The highest BCUT2D eigenvalue weighted by molar-refractivity contribution is 5.63. The first-order valence-electron chi connectivity index (χ1n) is 12.6. The summed E-state index contributed by atoms with van der Waals surface area (Å²) in [5, 5.41) is 0. The molecule has 0 N–H and O–H groups in total. The largest absolute Gasteiger partial charge is 0.207 e. The number of unbranched alkanes of at least 4 members (excludes halogenated alkanes) is 4. The van der Waals surface area contributed by atoms with Crippen molar-refractivity contribution in [2.45, 2.75) is 89.9 Å². The minimum Gasteiger partial charge on any atom is -0.207 e. The third-order valence-corrected chi connectivity index (χ3v) is 7.98. The topological polar surface area (TPSA) is 0 Å². The van der Waals surface area contributed by atoms with E-state index in [2.05, 4.69) is 31.2 Å². The maximum Gasteiger partial charge on any atom is 0.123 e. The molecule has 2 aromatic rings. The van der Waals surface area contributed by atoms with Gasteiger partial charge in [-0.1, -0.05) is 88.3 Å². The molecule has 0 aliphatic heterocycles. The average molecular weight is 407 g/mol. The van der Waals surface area contributed by atoms with Crippen molar-refractivity contribution in [3.63, 3.8) is 0 Å². The third kappa shape index (κ3) is 5.54. The van der Waals surface area contributed by atoms with Crippen LogP contribution in [-0.4, -0.2) is 0 Å². The molecule has 0 heterocycles. The molecule has 2 aromatic carbocycles. The lowest BCUT2D eigenvalue weighted by atomic mass is 9.63. The van der Waals surface area contributed by atoms with Crippen LogP contribution in [0.2, 0.25) is 0 Å². The molecule has 0 bridgehead atoms. The van der Waals surface area contributed by atoms with Gasteiger partial charge in [0.05, 0.1) is 0 Å². The van der Waals surface area contributed by atoms with Gasteiger partial charge in [0.2, 0.25) is 0 Å². The van der Waals surface area contributed by atoms with Gasteiger partial charge in [0.1, 0.15) is 5.82 Å². The summed E-state index contributed by atoms with van der Waals surface area (Å²) in [7, 11) is 0. The lowest BCUT2D eigenvalue weighted by Gasteiger charge is -2.42. The molecule has 2 fully saturated rings. The lowest BCUT2D eigenvalue weighted by Crippen LogP contribution is -2.30. The molecular weight excluding hydrogens is 367 g/mol. The first-order valence-corrected chi connectivity index (χ1v) is 12.6. The van der Waals surface area contributed by atoms with Crippen molar-refractivity contribution in [2.24, 2.45) is 17.8 Å². The van der Waals surface area contributed by atoms with E-state index in [1.807, 2.05) is 6.07 Å². The Morgan fingerprint density at radius 3 is 2.33 bits per heavy atom. The highest BCUT2D eigenvalue weighted by Crippen LogP contribution is 2.48. The van der Waals surface area contributed by atoms with Crippen LogP contribution in [0.4, 0.5) is 4.39 Å². The van der Waals surface area contributed by atoms with E-state index in [1.165, 1.54) is 88.7 Å². The number of rotatable bonds is 8. The Hall–Kier alpha value is -1.63. The summed E-state index contributed by atoms with van der Waals surface area (Å²) in [4.78, 5) is 0. The maximum absolute atomic E-state index is 13.5. The van der Waals surface area contributed by atoms with Gasteiger partial charge in [-0.3, -0.25) is 0 Å². The number of fused-ring (bicyclic) bond motifs is 1. The van der Waals surface area contributed by atoms with Crippen LogP contribution >= 0.6 is 0 Å². The van der Waals surface area contributed by atoms with Crippen LogP contribution in [0.3, 0.4) is 0 Å². The number of hydrogen-bond acceptors (Lipinski definition) is 0. The van der Waals surface area contributed by atoms with Gasteiger partial charge < -0.3 is 0 Å². The molecule has 0 radical (unpaired) electrons. The van der Waals surface area contributed by atoms with E-state index < -0.39 is 0 Å². The molecule has 2 saturated carbocycles. The Labute approximate surface area is 183 Å². The highest BCUT2D eigenvalue weighted by atomic mass is 19.1. The minimum absolute atomic E-state index is 0.161. The standard InChI is InChI=1S/C29H39F/c1-2-3-4-5-6-8-22-11-12-28-20-27(18-17-26(28)19-22)24-15-13-23(14-16-24)25-9-7-10-29(30)21-25/h7,9-10,13-16,21-22,26-28H,2-6,8,11-12,17-20H2,1H3. The average Bonchev–Trinajstić information content (AvgIpc) is 2.79. The van der Waals surface area contributed by atoms with Crippen LogP contribution in [-0.2, 0) is 0 Å². The van der Waals surface area contributed by atoms with E-state index in [-0.39, 0.29) is 5.82 Å². The van der Waals surface area contributed by atoms with Crippen molar-refractivity contribution < 1.29 is 4.39 Å². The van der Waals surface area contributed by atoms with Crippen LogP contribution in [0, 0.1) is 23.6 Å². The van der Waals surface area contributed by atoms with Gasteiger partial charge >= 0.3 is 0 Å². The van der Waals surface area contributed by atoms with Crippen molar-refractivity contribution in [1.29, 1.82) is 0 Å². The van der Waals surface area contributed by atoms with Crippen molar-refractivity contribution in [1.82, 2.24) is 0 Å². The summed E-state index contributed by atoms with van der Waals surface area (Å²) in [6.45, 7) is 2.30. The predicted octanol–water partition coefficient (Wildman–Crippen LogP) is 9.15. The molecule has 0 nitrogen and oxygen atoms in total.